The van der Waals surface area contributed by atoms with Crippen LogP contribution in [0.25, 0.3) is 0 Å². The van der Waals surface area contributed by atoms with Gasteiger partial charge in [0, 0.05) is 29.7 Å². The van der Waals surface area contributed by atoms with Crippen LogP contribution in [0.5, 0.6) is 5.75 Å². The van der Waals surface area contributed by atoms with Crippen LogP contribution in [0, 0.1) is 5.82 Å². The van der Waals surface area contributed by atoms with Crippen molar-refractivity contribution in [2.45, 2.75) is 24.3 Å². The van der Waals surface area contributed by atoms with E-state index in [2.05, 4.69) is 13.8 Å². The van der Waals surface area contributed by atoms with Crippen molar-refractivity contribution in [2.24, 2.45) is 0 Å². The van der Waals surface area contributed by atoms with E-state index < -0.39 is 5.82 Å². The summed E-state index contributed by atoms with van der Waals surface area (Å²) in [5.74, 6) is -1.06. The maximum atomic E-state index is 12.9. The van der Waals surface area contributed by atoms with Gasteiger partial charge >= 0.3 is 0 Å². The van der Waals surface area contributed by atoms with Crippen molar-refractivity contribution >= 4 is 17.7 Å². The van der Waals surface area contributed by atoms with Gasteiger partial charge < -0.3 is 10.0 Å². The molecule has 0 spiro atoms. The molecule has 1 fully saturated rings. The number of phenolic OH excluding ortho intramolecular Hbond substituents is 1. The molecule has 18 heavy (non-hydrogen) atoms. The van der Waals surface area contributed by atoms with Gasteiger partial charge in [0.25, 0.3) is 5.91 Å². The highest BCUT2D eigenvalue weighted by Crippen LogP contribution is 2.27. The number of nitrogens with zero attached hydrogens (tertiary/aromatic N) is 1. The fourth-order valence-corrected chi connectivity index (χ4v) is 3.52. The minimum absolute atomic E-state index is 0.169. The molecule has 2 unspecified atom stereocenters. The van der Waals surface area contributed by atoms with Crippen molar-refractivity contribution in [2.75, 3.05) is 13.1 Å². The van der Waals surface area contributed by atoms with E-state index >= 15 is 0 Å². The molecule has 1 saturated heterocycles. The van der Waals surface area contributed by atoms with E-state index in [0.717, 1.165) is 6.07 Å². The van der Waals surface area contributed by atoms with Crippen molar-refractivity contribution < 1.29 is 14.3 Å². The summed E-state index contributed by atoms with van der Waals surface area (Å²) in [6, 6.07) is 3.50. The van der Waals surface area contributed by atoms with Crippen molar-refractivity contribution in [3.63, 3.8) is 0 Å². The molecular formula is C13H16FNO2S. The van der Waals surface area contributed by atoms with E-state index in [1.807, 2.05) is 11.8 Å². The third-order valence-corrected chi connectivity index (χ3v) is 4.12. The van der Waals surface area contributed by atoms with Gasteiger partial charge in [0.05, 0.1) is 5.56 Å². The number of phenols is 1. The number of amides is 1. The summed E-state index contributed by atoms with van der Waals surface area (Å²) in [5, 5.41) is 10.4. The fourth-order valence-electron chi connectivity index (χ4n) is 2.20. The van der Waals surface area contributed by atoms with Crippen LogP contribution >= 0.6 is 11.8 Å². The SMILES string of the molecule is CC1CN(C(=O)c2ccc(F)cc2O)CC(C)S1. The Kier molecular flexibility index (Phi) is 3.80. The van der Waals surface area contributed by atoms with Crippen LogP contribution in [0.2, 0.25) is 0 Å². The largest absolute Gasteiger partial charge is 0.507 e. The van der Waals surface area contributed by atoms with Gasteiger partial charge in [0.15, 0.2) is 0 Å². The highest BCUT2D eigenvalue weighted by atomic mass is 32.2. The number of thioether (sulfide) groups is 1. The zero-order valence-corrected chi connectivity index (χ0v) is 11.2. The number of benzene rings is 1. The summed E-state index contributed by atoms with van der Waals surface area (Å²) in [6.45, 7) is 5.46. The van der Waals surface area contributed by atoms with E-state index in [4.69, 9.17) is 0 Å². The first-order valence-electron chi connectivity index (χ1n) is 5.90. The molecular weight excluding hydrogens is 253 g/mol. The second kappa shape index (κ2) is 5.18. The van der Waals surface area contributed by atoms with Crippen molar-refractivity contribution in [3.05, 3.63) is 29.6 Å². The predicted octanol–water partition coefficient (Wildman–Crippen LogP) is 2.50. The third-order valence-electron chi connectivity index (χ3n) is 2.90. The Balaban J connectivity index is 2.20. The lowest BCUT2D eigenvalue weighted by atomic mass is 10.1. The molecule has 1 N–H and O–H groups in total. The molecule has 0 aliphatic carbocycles. The van der Waals surface area contributed by atoms with Gasteiger partial charge in [-0.25, -0.2) is 4.39 Å². The topological polar surface area (TPSA) is 40.5 Å². The quantitative estimate of drug-likeness (QED) is 0.851. The third kappa shape index (κ3) is 2.77. The molecule has 1 aromatic rings. The number of carbonyl (C=O) groups excluding carboxylic acids is 1. The number of hydrogen-bond donors (Lipinski definition) is 1. The molecule has 1 aromatic carbocycles. The van der Waals surface area contributed by atoms with Crippen LogP contribution in [0.15, 0.2) is 18.2 Å². The lowest BCUT2D eigenvalue weighted by Gasteiger charge is -2.34. The van der Waals surface area contributed by atoms with Crippen LogP contribution in [0.1, 0.15) is 24.2 Å². The highest BCUT2D eigenvalue weighted by molar-refractivity contribution is 8.00. The minimum Gasteiger partial charge on any atom is -0.507 e. The van der Waals surface area contributed by atoms with Crippen molar-refractivity contribution in [1.29, 1.82) is 0 Å². The molecule has 98 valence electrons. The van der Waals surface area contributed by atoms with E-state index in [0.29, 0.717) is 23.6 Å². The monoisotopic (exact) mass is 269 g/mol. The molecule has 0 saturated carbocycles. The van der Waals surface area contributed by atoms with Gasteiger partial charge in [-0.1, -0.05) is 13.8 Å². The Morgan fingerprint density at radius 3 is 2.56 bits per heavy atom. The summed E-state index contributed by atoms with van der Waals surface area (Å²) in [7, 11) is 0. The molecule has 1 aliphatic heterocycles. The molecule has 5 heteroatoms. The molecule has 1 aliphatic rings. The Labute approximate surface area is 110 Å². The lowest BCUT2D eigenvalue weighted by molar-refractivity contribution is 0.0750. The van der Waals surface area contributed by atoms with Crippen molar-refractivity contribution in [3.8, 4) is 5.75 Å². The normalized spacial score (nSPS) is 24.1. The first kappa shape index (κ1) is 13.2. The molecule has 2 rings (SSSR count). The van der Waals surface area contributed by atoms with Crippen LogP contribution in [0.3, 0.4) is 0 Å². The number of halogens is 1. The first-order chi connectivity index (χ1) is 8.47. The number of hydrogen-bond acceptors (Lipinski definition) is 3. The van der Waals surface area contributed by atoms with Gasteiger partial charge in [-0.2, -0.15) is 11.8 Å². The second-order valence-corrected chi connectivity index (χ2v) is 6.51. The number of aromatic hydroxyl groups is 1. The van der Waals surface area contributed by atoms with E-state index in [1.165, 1.54) is 12.1 Å². The van der Waals surface area contributed by atoms with Gasteiger partial charge in [-0.3, -0.25) is 4.79 Å². The molecule has 0 aromatic heterocycles. The zero-order chi connectivity index (χ0) is 13.3. The lowest BCUT2D eigenvalue weighted by Crippen LogP contribution is -2.44. The van der Waals surface area contributed by atoms with Gasteiger partial charge in [-0.15, -0.1) is 0 Å². The summed E-state index contributed by atoms with van der Waals surface area (Å²) >= 11 is 1.85. The first-order valence-corrected chi connectivity index (χ1v) is 6.85. The average molecular weight is 269 g/mol. The number of rotatable bonds is 1. The van der Waals surface area contributed by atoms with Crippen LogP contribution in [0.4, 0.5) is 4.39 Å². The molecule has 1 amide bonds. The second-order valence-electron chi connectivity index (χ2n) is 4.63. The summed E-state index contributed by atoms with van der Waals surface area (Å²) in [5.41, 5.74) is 0.169. The summed E-state index contributed by atoms with van der Waals surface area (Å²) < 4.78 is 12.9. The minimum atomic E-state index is -0.542. The van der Waals surface area contributed by atoms with Crippen molar-refractivity contribution in [1.82, 2.24) is 4.90 Å². The smallest absolute Gasteiger partial charge is 0.257 e. The number of carbonyl (C=O) groups is 1. The fraction of sp³-hybridized carbons (Fsp3) is 0.462. The summed E-state index contributed by atoms with van der Waals surface area (Å²) in [6.07, 6.45) is 0. The zero-order valence-electron chi connectivity index (χ0n) is 10.4. The Morgan fingerprint density at radius 2 is 2.00 bits per heavy atom. The Morgan fingerprint density at radius 1 is 1.39 bits per heavy atom. The predicted molar refractivity (Wildman–Crippen MR) is 70.5 cm³/mol. The highest BCUT2D eigenvalue weighted by Gasteiger charge is 2.27. The molecule has 0 bridgehead atoms. The van der Waals surface area contributed by atoms with Gasteiger partial charge in [0.1, 0.15) is 11.6 Å². The molecule has 2 atom stereocenters. The van der Waals surface area contributed by atoms with E-state index in [9.17, 15) is 14.3 Å². The van der Waals surface area contributed by atoms with Gasteiger partial charge in [0.2, 0.25) is 0 Å². The molecule has 3 nitrogen and oxygen atoms in total. The summed E-state index contributed by atoms with van der Waals surface area (Å²) in [4.78, 5) is 14.0. The maximum absolute atomic E-state index is 12.9. The van der Waals surface area contributed by atoms with Crippen LogP contribution < -0.4 is 0 Å². The Bertz CT molecular complexity index is 456. The van der Waals surface area contributed by atoms with Crippen LogP contribution in [-0.2, 0) is 0 Å². The molecule has 0 radical (unpaired) electrons. The van der Waals surface area contributed by atoms with Crippen LogP contribution in [-0.4, -0.2) is 39.5 Å². The van der Waals surface area contributed by atoms with E-state index in [-0.39, 0.29) is 17.2 Å². The Hall–Kier alpha value is -1.23. The van der Waals surface area contributed by atoms with E-state index in [1.54, 1.807) is 4.90 Å². The maximum Gasteiger partial charge on any atom is 0.257 e. The van der Waals surface area contributed by atoms with Gasteiger partial charge in [-0.05, 0) is 12.1 Å². The molecule has 1 heterocycles. The standard InChI is InChI=1S/C13H16FNO2S/c1-8-6-15(7-9(2)18-8)13(17)11-4-3-10(14)5-12(11)16/h3-5,8-9,16H,6-7H2,1-2H3. The average Bonchev–Trinajstić information content (AvgIpc) is 2.26.